The lowest BCUT2D eigenvalue weighted by atomic mass is 10.2. The molecule has 0 spiro atoms. The maximum atomic E-state index is 13.0. The van der Waals surface area contributed by atoms with Gasteiger partial charge in [-0.2, -0.15) is 0 Å². The summed E-state index contributed by atoms with van der Waals surface area (Å²) >= 11 is 5.82. The summed E-state index contributed by atoms with van der Waals surface area (Å²) in [7, 11) is 0. The Morgan fingerprint density at radius 1 is 1.06 bits per heavy atom. The molecular formula is C13H8ClFN2. The van der Waals surface area contributed by atoms with Crippen molar-refractivity contribution < 1.29 is 4.39 Å². The zero-order valence-electron chi connectivity index (χ0n) is 8.74. The summed E-state index contributed by atoms with van der Waals surface area (Å²) in [6, 6.07) is 11.8. The van der Waals surface area contributed by atoms with Gasteiger partial charge in [-0.15, -0.1) is 0 Å². The highest BCUT2D eigenvalue weighted by Crippen LogP contribution is 2.22. The lowest BCUT2D eigenvalue weighted by molar-refractivity contribution is 0.629. The molecule has 0 fully saturated rings. The lowest BCUT2D eigenvalue weighted by Crippen LogP contribution is -1.78. The quantitative estimate of drug-likeness (QED) is 0.690. The number of fused-ring (bicyclic) bond motifs is 1. The molecule has 0 aliphatic rings. The minimum Gasteiger partial charge on any atom is -0.338 e. The van der Waals surface area contributed by atoms with Crippen LogP contribution in [0.3, 0.4) is 0 Å². The number of imidazole rings is 1. The number of nitrogens with one attached hydrogen (secondary N) is 1. The molecule has 0 aliphatic heterocycles. The van der Waals surface area contributed by atoms with Crippen molar-refractivity contribution in [1.29, 1.82) is 0 Å². The summed E-state index contributed by atoms with van der Waals surface area (Å²) in [5, 5.41) is 0.677. The van der Waals surface area contributed by atoms with Crippen molar-refractivity contribution in [2.45, 2.75) is 0 Å². The number of halogens is 2. The largest absolute Gasteiger partial charge is 0.338 e. The van der Waals surface area contributed by atoms with Crippen LogP contribution >= 0.6 is 11.6 Å². The number of hydrogen-bond acceptors (Lipinski definition) is 1. The van der Waals surface area contributed by atoms with Crippen molar-refractivity contribution in [2.75, 3.05) is 0 Å². The fraction of sp³-hybridized carbons (Fsp3) is 0. The van der Waals surface area contributed by atoms with E-state index in [1.165, 1.54) is 12.1 Å². The Kier molecular flexibility index (Phi) is 2.34. The van der Waals surface area contributed by atoms with Crippen LogP contribution in [0, 0.1) is 5.82 Å². The van der Waals surface area contributed by atoms with Gasteiger partial charge in [-0.05, 0) is 42.5 Å². The van der Waals surface area contributed by atoms with E-state index in [0.717, 1.165) is 11.1 Å². The first-order valence-electron chi connectivity index (χ1n) is 5.13. The van der Waals surface area contributed by atoms with E-state index in [-0.39, 0.29) is 5.82 Å². The third kappa shape index (κ3) is 1.89. The summed E-state index contributed by atoms with van der Waals surface area (Å²) in [5.74, 6) is 0.436. The van der Waals surface area contributed by atoms with Crippen LogP contribution in [-0.2, 0) is 0 Å². The molecule has 0 atom stereocenters. The Hall–Kier alpha value is -1.87. The Labute approximate surface area is 102 Å². The monoisotopic (exact) mass is 246 g/mol. The van der Waals surface area contributed by atoms with Gasteiger partial charge < -0.3 is 4.98 Å². The number of aromatic amines is 1. The highest BCUT2D eigenvalue weighted by molar-refractivity contribution is 6.30. The standard InChI is InChI=1S/C13H8ClFN2/c14-9-3-1-8(2-4-9)13-16-11-6-5-10(15)7-12(11)17-13/h1-7H,(H,16,17). The normalized spacial score (nSPS) is 10.9. The summed E-state index contributed by atoms with van der Waals surface area (Å²) in [5.41, 5.74) is 2.36. The summed E-state index contributed by atoms with van der Waals surface area (Å²) < 4.78 is 13.0. The van der Waals surface area contributed by atoms with Gasteiger partial charge in [0.15, 0.2) is 0 Å². The van der Waals surface area contributed by atoms with Crippen molar-refractivity contribution >= 4 is 22.6 Å². The molecule has 1 aromatic heterocycles. The highest BCUT2D eigenvalue weighted by atomic mass is 35.5. The fourth-order valence-corrected chi connectivity index (χ4v) is 1.85. The molecule has 0 radical (unpaired) electrons. The first-order chi connectivity index (χ1) is 8.22. The second kappa shape index (κ2) is 3.86. The summed E-state index contributed by atoms with van der Waals surface area (Å²) in [6.07, 6.45) is 0. The van der Waals surface area contributed by atoms with Crippen molar-refractivity contribution in [3.05, 3.63) is 53.3 Å². The SMILES string of the molecule is Fc1ccc2nc(-c3ccc(Cl)cc3)[nH]c2c1. The van der Waals surface area contributed by atoms with Crippen LogP contribution in [0.4, 0.5) is 4.39 Å². The molecule has 1 N–H and O–H groups in total. The van der Waals surface area contributed by atoms with Gasteiger partial charge in [-0.3, -0.25) is 0 Å². The lowest BCUT2D eigenvalue weighted by Gasteiger charge is -1.95. The number of H-pyrrole nitrogens is 1. The Bertz CT molecular complexity index is 673. The highest BCUT2D eigenvalue weighted by Gasteiger charge is 2.05. The number of rotatable bonds is 1. The first kappa shape index (κ1) is 10.3. The molecule has 17 heavy (non-hydrogen) atoms. The van der Waals surface area contributed by atoms with Gasteiger partial charge in [0, 0.05) is 10.6 Å². The average molecular weight is 247 g/mol. The molecule has 0 unspecified atom stereocenters. The number of hydrogen-bond donors (Lipinski definition) is 1. The summed E-state index contributed by atoms with van der Waals surface area (Å²) in [6.45, 7) is 0. The predicted molar refractivity (Wildman–Crippen MR) is 66.5 cm³/mol. The van der Waals surface area contributed by atoms with Gasteiger partial charge in [0.2, 0.25) is 0 Å². The molecular weight excluding hydrogens is 239 g/mol. The Balaban J connectivity index is 2.14. The van der Waals surface area contributed by atoms with Gasteiger partial charge in [-0.25, -0.2) is 9.37 Å². The Morgan fingerprint density at radius 3 is 2.59 bits per heavy atom. The molecule has 0 bridgehead atoms. The predicted octanol–water partition coefficient (Wildman–Crippen LogP) is 4.02. The minimum absolute atomic E-state index is 0.274. The van der Waals surface area contributed by atoms with Crippen LogP contribution in [0.1, 0.15) is 0 Å². The van der Waals surface area contributed by atoms with Gasteiger partial charge in [0.05, 0.1) is 11.0 Å². The molecule has 0 saturated heterocycles. The van der Waals surface area contributed by atoms with Crippen molar-refractivity contribution in [1.82, 2.24) is 9.97 Å². The van der Waals surface area contributed by atoms with E-state index in [4.69, 9.17) is 11.6 Å². The van der Waals surface area contributed by atoms with E-state index in [9.17, 15) is 4.39 Å². The molecule has 0 saturated carbocycles. The molecule has 2 aromatic carbocycles. The molecule has 0 aliphatic carbocycles. The molecule has 84 valence electrons. The molecule has 2 nitrogen and oxygen atoms in total. The minimum atomic E-state index is -0.274. The van der Waals surface area contributed by atoms with Crippen LogP contribution in [0.2, 0.25) is 5.02 Å². The van der Waals surface area contributed by atoms with E-state index in [0.29, 0.717) is 16.4 Å². The second-order valence-electron chi connectivity index (χ2n) is 3.75. The number of nitrogens with zero attached hydrogens (tertiary/aromatic N) is 1. The third-order valence-electron chi connectivity index (χ3n) is 2.56. The van der Waals surface area contributed by atoms with Gasteiger partial charge in [-0.1, -0.05) is 11.6 Å². The fourth-order valence-electron chi connectivity index (χ4n) is 1.73. The van der Waals surface area contributed by atoms with Crippen LogP contribution in [0.15, 0.2) is 42.5 Å². The maximum Gasteiger partial charge on any atom is 0.138 e. The Morgan fingerprint density at radius 2 is 1.82 bits per heavy atom. The first-order valence-corrected chi connectivity index (χ1v) is 5.51. The van der Waals surface area contributed by atoms with Gasteiger partial charge in [0.1, 0.15) is 11.6 Å². The third-order valence-corrected chi connectivity index (χ3v) is 2.81. The molecule has 3 rings (SSSR count). The average Bonchev–Trinajstić information content (AvgIpc) is 2.72. The van der Waals surface area contributed by atoms with E-state index in [2.05, 4.69) is 9.97 Å². The molecule has 0 amide bonds. The van der Waals surface area contributed by atoms with Crippen molar-refractivity contribution in [2.24, 2.45) is 0 Å². The summed E-state index contributed by atoms with van der Waals surface area (Å²) in [4.78, 5) is 7.47. The van der Waals surface area contributed by atoms with Crippen LogP contribution in [0.25, 0.3) is 22.4 Å². The van der Waals surface area contributed by atoms with E-state index in [1.807, 2.05) is 12.1 Å². The smallest absolute Gasteiger partial charge is 0.138 e. The zero-order chi connectivity index (χ0) is 11.8. The second-order valence-corrected chi connectivity index (χ2v) is 4.19. The van der Waals surface area contributed by atoms with E-state index in [1.54, 1.807) is 18.2 Å². The molecule has 4 heteroatoms. The van der Waals surface area contributed by atoms with E-state index >= 15 is 0 Å². The maximum absolute atomic E-state index is 13.0. The van der Waals surface area contributed by atoms with Gasteiger partial charge in [0.25, 0.3) is 0 Å². The van der Waals surface area contributed by atoms with Crippen LogP contribution in [0.5, 0.6) is 0 Å². The molecule has 1 heterocycles. The number of benzene rings is 2. The van der Waals surface area contributed by atoms with Gasteiger partial charge >= 0.3 is 0 Å². The van der Waals surface area contributed by atoms with Crippen molar-refractivity contribution in [3.63, 3.8) is 0 Å². The topological polar surface area (TPSA) is 28.7 Å². The van der Waals surface area contributed by atoms with Crippen LogP contribution in [-0.4, -0.2) is 9.97 Å². The zero-order valence-corrected chi connectivity index (χ0v) is 9.50. The van der Waals surface area contributed by atoms with E-state index < -0.39 is 0 Å². The van der Waals surface area contributed by atoms with Crippen molar-refractivity contribution in [3.8, 4) is 11.4 Å². The van der Waals surface area contributed by atoms with Crippen LogP contribution < -0.4 is 0 Å². The molecule has 3 aromatic rings. The number of aromatic nitrogens is 2.